The zero-order valence-electron chi connectivity index (χ0n) is 10.7. The first kappa shape index (κ1) is 13.1. The molecule has 0 unspecified atom stereocenters. The summed E-state index contributed by atoms with van der Waals surface area (Å²) in [6.45, 7) is 0.990. The van der Waals surface area contributed by atoms with Crippen LogP contribution in [-0.4, -0.2) is 23.8 Å². The lowest BCUT2D eigenvalue weighted by molar-refractivity contribution is -0.0527. The standard InChI is InChI=1S/C13H19N3O2/c1-3-9-14-10-11-15-12(16-18-11)13(17-2)7-5-4-6-8-13/h1,14H,4-10H2,2H3. The van der Waals surface area contributed by atoms with Gasteiger partial charge in [-0.2, -0.15) is 4.98 Å². The van der Waals surface area contributed by atoms with Crippen molar-refractivity contribution in [2.75, 3.05) is 13.7 Å². The van der Waals surface area contributed by atoms with Gasteiger partial charge >= 0.3 is 0 Å². The van der Waals surface area contributed by atoms with Gasteiger partial charge in [-0.1, -0.05) is 30.3 Å². The summed E-state index contributed by atoms with van der Waals surface area (Å²) in [4.78, 5) is 4.41. The van der Waals surface area contributed by atoms with Crippen molar-refractivity contribution in [3.8, 4) is 12.3 Å². The molecule has 0 aromatic carbocycles. The van der Waals surface area contributed by atoms with Gasteiger partial charge in [-0.05, 0) is 12.8 Å². The average Bonchev–Trinajstić information content (AvgIpc) is 2.89. The number of rotatable bonds is 5. The van der Waals surface area contributed by atoms with Crippen LogP contribution in [-0.2, 0) is 16.9 Å². The fourth-order valence-corrected chi connectivity index (χ4v) is 2.40. The zero-order valence-corrected chi connectivity index (χ0v) is 10.7. The van der Waals surface area contributed by atoms with Crippen molar-refractivity contribution in [1.82, 2.24) is 15.5 Å². The van der Waals surface area contributed by atoms with Crippen molar-refractivity contribution in [3.05, 3.63) is 11.7 Å². The number of hydrogen-bond acceptors (Lipinski definition) is 5. The molecule has 2 rings (SSSR count). The summed E-state index contributed by atoms with van der Waals surface area (Å²) in [6.07, 6.45) is 10.6. The lowest BCUT2D eigenvalue weighted by Gasteiger charge is -2.32. The molecule has 0 radical (unpaired) electrons. The Balaban J connectivity index is 2.05. The van der Waals surface area contributed by atoms with Crippen LogP contribution in [0.25, 0.3) is 0 Å². The minimum absolute atomic E-state index is 0.355. The maximum Gasteiger partial charge on any atom is 0.240 e. The molecule has 0 aliphatic heterocycles. The third-order valence-electron chi connectivity index (χ3n) is 3.43. The van der Waals surface area contributed by atoms with Gasteiger partial charge in [0.1, 0.15) is 5.60 Å². The second-order valence-electron chi connectivity index (χ2n) is 4.58. The molecule has 5 heteroatoms. The highest BCUT2D eigenvalue weighted by Crippen LogP contribution is 2.38. The Morgan fingerprint density at radius 2 is 2.22 bits per heavy atom. The van der Waals surface area contributed by atoms with Crippen molar-refractivity contribution in [3.63, 3.8) is 0 Å². The number of nitrogens with zero attached hydrogens (tertiary/aromatic N) is 2. The largest absolute Gasteiger partial charge is 0.370 e. The Bertz CT molecular complexity index is 416. The summed E-state index contributed by atoms with van der Waals surface area (Å²) in [5.74, 6) is 3.73. The Morgan fingerprint density at radius 1 is 1.44 bits per heavy atom. The first-order chi connectivity index (χ1) is 8.80. The minimum Gasteiger partial charge on any atom is -0.370 e. The maximum atomic E-state index is 5.67. The van der Waals surface area contributed by atoms with E-state index in [1.54, 1.807) is 7.11 Å². The number of ether oxygens (including phenoxy) is 1. The molecule has 1 aliphatic carbocycles. The molecule has 98 valence electrons. The molecular weight excluding hydrogens is 230 g/mol. The molecular formula is C13H19N3O2. The van der Waals surface area contributed by atoms with Crippen molar-refractivity contribution in [2.45, 2.75) is 44.2 Å². The number of methoxy groups -OCH3 is 1. The van der Waals surface area contributed by atoms with Crippen LogP contribution in [0, 0.1) is 12.3 Å². The number of aromatic nitrogens is 2. The van der Waals surface area contributed by atoms with E-state index in [2.05, 4.69) is 21.4 Å². The minimum atomic E-state index is -0.355. The number of hydrogen-bond donors (Lipinski definition) is 1. The average molecular weight is 249 g/mol. The second kappa shape index (κ2) is 5.98. The van der Waals surface area contributed by atoms with Crippen LogP contribution in [0.1, 0.15) is 43.8 Å². The summed E-state index contributed by atoms with van der Waals surface area (Å²) < 4.78 is 10.9. The van der Waals surface area contributed by atoms with Gasteiger partial charge in [0.2, 0.25) is 11.7 Å². The fraction of sp³-hybridized carbons (Fsp3) is 0.692. The molecule has 0 amide bonds. The first-order valence-electron chi connectivity index (χ1n) is 6.33. The van der Waals surface area contributed by atoms with Crippen LogP contribution in [0.3, 0.4) is 0 Å². The SMILES string of the molecule is C#CCNCc1nc(C2(OC)CCCCC2)no1. The highest BCUT2D eigenvalue weighted by molar-refractivity contribution is 5.03. The monoisotopic (exact) mass is 249 g/mol. The summed E-state index contributed by atoms with van der Waals surface area (Å²) in [7, 11) is 1.72. The van der Waals surface area contributed by atoms with Gasteiger partial charge in [-0.15, -0.1) is 6.42 Å². The van der Waals surface area contributed by atoms with Gasteiger partial charge in [0.25, 0.3) is 0 Å². The fourth-order valence-electron chi connectivity index (χ4n) is 2.40. The Hall–Kier alpha value is -1.38. The van der Waals surface area contributed by atoms with Gasteiger partial charge in [-0.3, -0.25) is 5.32 Å². The Labute approximate surface area is 107 Å². The highest BCUT2D eigenvalue weighted by Gasteiger charge is 2.38. The van der Waals surface area contributed by atoms with E-state index >= 15 is 0 Å². The molecule has 1 heterocycles. The molecule has 1 aromatic heterocycles. The van der Waals surface area contributed by atoms with Crippen LogP contribution in [0.4, 0.5) is 0 Å². The van der Waals surface area contributed by atoms with Crippen LogP contribution in [0.5, 0.6) is 0 Å². The molecule has 1 N–H and O–H groups in total. The van der Waals surface area contributed by atoms with E-state index in [4.69, 9.17) is 15.7 Å². The van der Waals surface area contributed by atoms with E-state index in [-0.39, 0.29) is 5.60 Å². The third-order valence-corrected chi connectivity index (χ3v) is 3.43. The Morgan fingerprint density at radius 3 is 2.89 bits per heavy atom. The first-order valence-corrected chi connectivity index (χ1v) is 6.33. The molecule has 0 bridgehead atoms. The van der Waals surface area contributed by atoms with Crippen molar-refractivity contribution >= 4 is 0 Å². The predicted molar refractivity (Wildman–Crippen MR) is 66.6 cm³/mol. The summed E-state index contributed by atoms with van der Waals surface area (Å²) in [5, 5.41) is 7.08. The highest BCUT2D eigenvalue weighted by atomic mass is 16.5. The molecule has 1 aliphatic rings. The van der Waals surface area contributed by atoms with Gasteiger partial charge in [0.15, 0.2) is 0 Å². The molecule has 5 nitrogen and oxygen atoms in total. The quantitative estimate of drug-likeness (QED) is 0.634. The maximum absolute atomic E-state index is 5.67. The van der Waals surface area contributed by atoms with E-state index in [9.17, 15) is 0 Å². The second-order valence-corrected chi connectivity index (χ2v) is 4.58. The number of nitrogens with one attached hydrogen (secondary N) is 1. The Kier molecular flexibility index (Phi) is 4.34. The van der Waals surface area contributed by atoms with Gasteiger partial charge in [-0.25, -0.2) is 0 Å². The van der Waals surface area contributed by atoms with Crippen molar-refractivity contribution in [1.29, 1.82) is 0 Å². The molecule has 18 heavy (non-hydrogen) atoms. The van der Waals surface area contributed by atoms with E-state index in [0.717, 1.165) is 25.7 Å². The molecule has 0 saturated heterocycles. The lowest BCUT2D eigenvalue weighted by Crippen LogP contribution is -2.32. The lowest BCUT2D eigenvalue weighted by atomic mass is 9.84. The third kappa shape index (κ3) is 2.71. The smallest absolute Gasteiger partial charge is 0.240 e. The van der Waals surface area contributed by atoms with E-state index in [0.29, 0.717) is 24.8 Å². The zero-order chi connectivity index (χ0) is 12.8. The summed E-state index contributed by atoms with van der Waals surface area (Å²) >= 11 is 0. The van der Waals surface area contributed by atoms with E-state index < -0.39 is 0 Å². The van der Waals surface area contributed by atoms with Crippen LogP contribution < -0.4 is 5.32 Å². The predicted octanol–water partition coefficient (Wildman–Crippen LogP) is 1.60. The van der Waals surface area contributed by atoms with Crippen LogP contribution >= 0.6 is 0 Å². The topological polar surface area (TPSA) is 60.2 Å². The molecule has 1 saturated carbocycles. The molecule has 1 fully saturated rings. The molecule has 0 spiro atoms. The van der Waals surface area contributed by atoms with E-state index in [1.807, 2.05) is 0 Å². The molecule has 1 aromatic rings. The normalized spacial score (nSPS) is 18.4. The van der Waals surface area contributed by atoms with Gasteiger partial charge < -0.3 is 9.26 Å². The summed E-state index contributed by atoms with van der Waals surface area (Å²) in [5.41, 5.74) is -0.355. The van der Waals surface area contributed by atoms with Crippen LogP contribution in [0.15, 0.2) is 4.52 Å². The van der Waals surface area contributed by atoms with Gasteiger partial charge in [0, 0.05) is 7.11 Å². The van der Waals surface area contributed by atoms with Crippen molar-refractivity contribution in [2.24, 2.45) is 0 Å². The van der Waals surface area contributed by atoms with Crippen LogP contribution in [0.2, 0.25) is 0 Å². The van der Waals surface area contributed by atoms with Crippen molar-refractivity contribution < 1.29 is 9.26 Å². The summed E-state index contributed by atoms with van der Waals surface area (Å²) in [6, 6.07) is 0. The van der Waals surface area contributed by atoms with E-state index in [1.165, 1.54) is 6.42 Å². The number of terminal acetylenes is 1. The molecule has 0 atom stereocenters. The van der Waals surface area contributed by atoms with Gasteiger partial charge in [0.05, 0.1) is 13.1 Å².